The number of ether oxygens (including phenoxy) is 1. The van der Waals surface area contributed by atoms with Crippen molar-refractivity contribution in [3.05, 3.63) is 52.0 Å². The summed E-state index contributed by atoms with van der Waals surface area (Å²) >= 11 is 2.21. The van der Waals surface area contributed by atoms with E-state index in [0.29, 0.717) is 10.1 Å². The minimum absolute atomic E-state index is 0.182. The van der Waals surface area contributed by atoms with Gasteiger partial charge in [-0.1, -0.05) is 6.07 Å². The lowest BCUT2D eigenvalue weighted by Gasteiger charge is -2.12. The van der Waals surface area contributed by atoms with Gasteiger partial charge in [-0.05, 0) is 36.6 Å². The van der Waals surface area contributed by atoms with Crippen LogP contribution in [0.5, 0.6) is 0 Å². The molecular weight excluding hydrogens is 379 g/mol. The summed E-state index contributed by atoms with van der Waals surface area (Å²) in [6, 6.07) is 7.43. The number of esters is 1. The molecule has 2 heterocycles. The Balaban J connectivity index is 1.69. The number of halogens is 1. The standard InChI is InChI=1S/C17H13FN2O4S2/c1-8(15(22)20-16-9(14(19)21)5-6-25-16)24-17(23)13-7-10-11(18)3-2-4-12(10)26-13/h2-8H,1H3,(H2,19,21)(H,20,22). The van der Waals surface area contributed by atoms with Crippen LogP contribution in [0.15, 0.2) is 35.7 Å². The van der Waals surface area contributed by atoms with Crippen LogP contribution in [0.4, 0.5) is 9.39 Å². The van der Waals surface area contributed by atoms with Gasteiger partial charge in [-0.25, -0.2) is 9.18 Å². The number of rotatable bonds is 5. The fraction of sp³-hybridized carbons (Fsp3) is 0.118. The van der Waals surface area contributed by atoms with Gasteiger partial charge < -0.3 is 15.8 Å². The van der Waals surface area contributed by atoms with E-state index in [4.69, 9.17) is 10.5 Å². The van der Waals surface area contributed by atoms with Crippen molar-refractivity contribution >= 4 is 55.5 Å². The second-order valence-electron chi connectivity index (χ2n) is 5.33. The average Bonchev–Trinajstić information content (AvgIpc) is 3.22. The van der Waals surface area contributed by atoms with Crippen molar-refractivity contribution in [2.75, 3.05) is 5.32 Å². The molecule has 0 fully saturated rings. The Morgan fingerprint density at radius 3 is 2.73 bits per heavy atom. The normalized spacial score (nSPS) is 11.9. The third kappa shape index (κ3) is 3.58. The van der Waals surface area contributed by atoms with E-state index >= 15 is 0 Å². The van der Waals surface area contributed by atoms with Gasteiger partial charge in [0.25, 0.3) is 11.8 Å². The summed E-state index contributed by atoms with van der Waals surface area (Å²) in [5, 5.41) is 4.73. The van der Waals surface area contributed by atoms with Crippen LogP contribution < -0.4 is 11.1 Å². The van der Waals surface area contributed by atoms with E-state index in [1.165, 1.54) is 25.1 Å². The molecule has 0 aliphatic rings. The fourth-order valence-corrected chi connectivity index (χ4v) is 3.97. The lowest BCUT2D eigenvalue weighted by molar-refractivity contribution is -0.123. The van der Waals surface area contributed by atoms with E-state index < -0.39 is 29.7 Å². The van der Waals surface area contributed by atoms with E-state index in [9.17, 15) is 18.8 Å². The number of primary amides is 1. The zero-order chi connectivity index (χ0) is 18.8. The van der Waals surface area contributed by atoms with Crippen molar-refractivity contribution in [2.45, 2.75) is 13.0 Å². The monoisotopic (exact) mass is 392 g/mol. The van der Waals surface area contributed by atoms with Crippen LogP contribution >= 0.6 is 22.7 Å². The summed E-state index contributed by atoms with van der Waals surface area (Å²) in [5.74, 6) is -2.43. The molecule has 3 N–H and O–H groups in total. The molecule has 1 unspecified atom stereocenters. The molecule has 1 atom stereocenters. The molecule has 0 saturated carbocycles. The van der Waals surface area contributed by atoms with Crippen LogP contribution in [0.2, 0.25) is 0 Å². The Hall–Kier alpha value is -2.78. The number of amides is 2. The number of nitrogens with one attached hydrogen (secondary N) is 1. The van der Waals surface area contributed by atoms with Crippen molar-refractivity contribution in [3.8, 4) is 0 Å². The van der Waals surface area contributed by atoms with E-state index in [-0.39, 0.29) is 15.4 Å². The highest BCUT2D eigenvalue weighted by atomic mass is 32.1. The van der Waals surface area contributed by atoms with Crippen molar-refractivity contribution in [2.24, 2.45) is 5.73 Å². The Bertz CT molecular complexity index is 1010. The number of thiophene rings is 2. The number of benzene rings is 1. The first-order valence-corrected chi connectivity index (χ1v) is 9.13. The van der Waals surface area contributed by atoms with E-state index in [1.807, 2.05) is 0 Å². The van der Waals surface area contributed by atoms with E-state index in [1.54, 1.807) is 17.5 Å². The van der Waals surface area contributed by atoms with Crippen molar-refractivity contribution in [3.63, 3.8) is 0 Å². The van der Waals surface area contributed by atoms with Crippen LogP contribution in [-0.2, 0) is 9.53 Å². The molecule has 134 valence electrons. The van der Waals surface area contributed by atoms with E-state index in [0.717, 1.165) is 22.7 Å². The molecule has 6 nitrogen and oxygen atoms in total. The SMILES string of the molecule is CC(OC(=O)c1cc2c(F)cccc2s1)C(=O)Nc1sccc1C(N)=O. The Kier molecular flexibility index (Phi) is 5.01. The summed E-state index contributed by atoms with van der Waals surface area (Å²) in [6.07, 6.45) is -1.11. The smallest absolute Gasteiger partial charge is 0.349 e. The number of fused-ring (bicyclic) bond motifs is 1. The van der Waals surface area contributed by atoms with E-state index in [2.05, 4.69) is 5.32 Å². The minimum Gasteiger partial charge on any atom is -0.448 e. The number of carbonyl (C=O) groups excluding carboxylic acids is 3. The van der Waals surface area contributed by atoms with Gasteiger partial charge in [0.2, 0.25) is 0 Å². The van der Waals surface area contributed by atoms with Gasteiger partial charge in [-0.2, -0.15) is 0 Å². The van der Waals surface area contributed by atoms with Crippen LogP contribution in [0.3, 0.4) is 0 Å². The lowest BCUT2D eigenvalue weighted by atomic mass is 10.2. The number of carbonyl (C=O) groups is 3. The highest BCUT2D eigenvalue weighted by Gasteiger charge is 2.22. The number of nitrogens with two attached hydrogens (primary N) is 1. The topological polar surface area (TPSA) is 98.5 Å². The quantitative estimate of drug-likeness (QED) is 0.650. The summed E-state index contributed by atoms with van der Waals surface area (Å²) in [4.78, 5) is 35.9. The van der Waals surface area contributed by atoms with Gasteiger partial charge in [0.15, 0.2) is 6.10 Å². The highest BCUT2D eigenvalue weighted by Crippen LogP contribution is 2.28. The molecule has 0 spiro atoms. The Morgan fingerprint density at radius 1 is 1.27 bits per heavy atom. The molecule has 2 aromatic heterocycles. The van der Waals surface area contributed by atoms with Gasteiger partial charge in [0, 0.05) is 10.1 Å². The van der Waals surface area contributed by atoms with Crippen LogP contribution in [-0.4, -0.2) is 23.9 Å². The van der Waals surface area contributed by atoms with Gasteiger partial charge in [-0.15, -0.1) is 22.7 Å². The molecule has 0 saturated heterocycles. The number of hydrogen-bond acceptors (Lipinski definition) is 6. The molecule has 3 rings (SSSR count). The van der Waals surface area contributed by atoms with Crippen molar-refractivity contribution in [1.29, 1.82) is 0 Å². The first kappa shape index (κ1) is 18.0. The molecule has 2 amide bonds. The maximum atomic E-state index is 13.7. The summed E-state index contributed by atoms with van der Waals surface area (Å²) in [6.45, 7) is 1.40. The van der Waals surface area contributed by atoms with Crippen LogP contribution in [0, 0.1) is 5.82 Å². The first-order chi connectivity index (χ1) is 12.4. The molecule has 0 bridgehead atoms. The Labute approximate surface area is 155 Å². The summed E-state index contributed by atoms with van der Waals surface area (Å²) < 4.78 is 19.5. The third-order valence-corrected chi connectivity index (χ3v) is 5.44. The maximum Gasteiger partial charge on any atom is 0.349 e. The molecule has 9 heteroatoms. The zero-order valence-electron chi connectivity index (χ0n) is 13.4. The number of anilines is 1. The zero-order valence-corrected chi connectivity index (χ0v) is 15.1. The highest BCUT2D eigenvalue weighted by molar-refractivity contribution is 7.20. The minimum atomic E-state index is -1.11. The van der Waals surface area contributed by atoms with Gasteiger partial charge >= 0.3 is 5.97 Å². The molecule has 1 aromatic carbocycles. The maximum absolute atomic E-state index is 13.7. The molecule has 0 aliphatic heterocycles. The Morgan fingerprint density at radius 2 is 2.04 bits per heavy atom. The summed E-state index contributed by atoms with van der Waals surface area (Å²) in [7, 11) is 0. The second-order valence-corrected chi connectivity index (χ2v) is 7.33. The van der Waals surface area contributed by atoms with Crippen molar-refractivity contribution in [1.82, 2.24) is 0 Å². The molecule has 0 radical (unpaired) electrons. The van der Waals surface area contributed by atoms with Gasteiger partial charge in [-0.3, -0.25) is 9.59 Å². The molecule has 0 aliphatic carbocycles. The predicted molar refractivity (Wildman–Crippen MR) is 98.1 cm³/mol. The third-order valence-electron chi connectivity index (χ3n) is 3.53. The van der Waals surface area contributed by atoms with Crippen molar-refractivity contribution < 1.29 is 23.5 Å². The van der Waals surface area contributed by atoms with Gasteiger partial charge in [0.1, 0.15) is 15.7 Å². The molecule has 3 aromatic rings. The first-order valence-electron chi connectivity index (χ1n) is 7.44. The lowest BCUT2D eigenvalue weighted by Crippen LogP contribution is -2.30. The van der Waals surface area contributed by atoms with Crippen LogP contribution in [0.1, 0.15) is 27.0 Å². The molecule has 26 heavy (non-hydrogen) atoms. The number of hydrogen-bond donors (Lipinski definition) is 2. The predicted octanol–water partition coefficient (Wildman–Crippen LogP) is 3.38. The summed E-state index contributed by atoms with van der Waals surface area (Å²) in [5.41, 5.74) is 5.40. The fourth-order valence-electron chi connectivity index (χ4n) is 2.21. The molecular formula is C17H13FN2O4S2. The largest absolute Gasteiger partial charge is 0.448 e. The average molecular weight is 392 g/mol. The van der Waals surface area contributed by atoms with Crippen LogP contribution in [0.25, 0.3) is 10.1 Å². The van der Waals surface area contributed by atoms with Gasteiger partial charge in [0.05, 0.1) is 5.56 Å². The second kappa shape index (κ2) is 7.22.